The van der Waals surface area contributed by atoms with Crippen molar-refractivity contribution < 1.29 is 14.3 Å². The first kappa shape index (κ1) is 18.7. The standard InChI is InChI=1S/C21H30N2O3/c1-19(2,3)26-18(25)22-11-12-23-17(24)20(4,5)14-21(23,15-22)13-16-9-7-6-8-10-16/h6-10H,11-15H2,1-5H3. The largest absolute Gasteiger partial charge is 0.444 e. The number of nitrogens with zero attached hydrogens (tertiary/aromatic N) is 2. The van der Waals surface area contributed by atoms with Crippen molar-refractivity contribution in [2.24, 2.45) is 5.41 Å². The van der Waals surface area contributed by atoms with Crippen LogP contribution < -0.4 is 0 Å². The van der Waals surface area contributed by atoms with Crippen LogP contribution in [-0.2, 0) is 16.0 Å². The molecule has 142 valence electrons. The molecule has 0 N–H and O–H groups in total. The number of hydrogen-bond acceptors (Lipinski definition) is 3. The molecule has 2 saturated heterocycles. The smallest absolute Gasteiger partial charge is 0.410 e. The first-order valence-electron chi connectivity index (χ1n) is 9.36. The number of piperazine rings is 1. The second kappa shape index (κ2) is 6.29. The molecule has 0 aromatic heterocycles. The number of rotatable bonds is 2. The molecule has 1 unspecified atom stereocenters. The van der Waals surface area contributed by atoms with Gasteiger partial charge in [0.15, 0.2) is 0 Å². The first-order chi connectivity index (χ1) is 12.0. The number of hydrogen-bond donors (Lipinski definition) is 0. The van der Waals surface area contributed by atoms with Gasteiger partial charge in [-0.15, -0.1) is 0 Å². The Hall–Kier alpha value is -2.04. The summed E-state index contributed by atoms with van der Waals surface area (Å²) in [6.07, 6.45) is 1.21. The fourth-order valence-corrected chi connectivity index (χ4v) is 4.38. The van der Waals surface area contributed by atoms with Crippen LogP contribution in [0.2, 0.25) is 0 Å². The minimum atomic E-state index is -0.522. The highest BCUT2D eigenvalue weighted by molar-refractivity contribution is 5.86. The Labute approximate surface area is 156 Å². The highest BCUT2D eigenvalue weighted by Gasteiger charge is 2.57. The Morgan fingerprint density at radius 1 is 1.15 bits per heavy atom. The van der Waals surface area contributed by atoms with Crippen molar-refractivity contribution in [1.82, 2.24) is 9.80 Å². The summed E-state index contributed by atoms with van der Waals surface area (Å²) in [6.45, 7) is 11.3. The van der Waals surface area contributed by atoms with Gasteiger partial charge < -0.3 is 14.5 Å². The Morgan fingerprint density at radius 3 is 2.42 bits per heavy atom. The third-order valence-electron chi connectivity index (χ3n) is 5.27. The van der Waals surface area contributed by atoms with Crippen molar-refractivity contribution in [2.45, 2.75) is 58.6 Å². The molecule has 0 saturated carbocycles. The van der Waals surface area contributed by atoms with Crippen molar-refractivity contribution in [3.63, 3.8) is 0 Å². The summed E-state index contributed by atoms with van der Waals surface area (Å²) < 4.78 is 5.58. The molecule has 5 heteroatoms. The maximum Gasteiger partial charge on any atom is 0.410 e. The molecule has 5 nitrogen and oxygen atoms in total. The van der Waals surface area contributed by atoms with E-state index in [-0.39, 0.29) is 17.5 Å². The second-order valence-electron chi connectivity index (χ2n) is 9.31. The van der Waals surface area contributed by atoms with Crippen LogP contribution in [0, 0.1) is 5.41 Å². The van der Waals surface area contributed by atoms with E-state index < -0.39 is 11.0 Å². The summed E-state index contributed by atoms with van der Waals surface area (Å²) in [5, 5.41) is 0. The van der Waals surface area contributed by atoms with Crippen LogP contribution in [0.1, 0.15) is 46.6 Å². The molecule has 1 atom stereocenters. The van der Waals surface area contributed by atoms with Gasteiger partial charge >= 0.3 is 6.09 Å². The minimum Gasteiger partial charge on any atom is -0.444 e. The van der Waals surface area contributed by atoms with E-state index in [1.807, 2.05) is 57.7 Å². The van der Waals surface area contributed by atoms with Gasteiger partial charge in [0.2, 0.25) is 5.91 Å². The monoisotopic (exact) mass is 358 g/mol. The van der Waals surface area contributed by atoms with E-state index in [9.17, 15) is 9.59 Å². The van der Waals surface area contributed by atoms with E-state index in [0.29, 0.717) is 19.6 Å². The maximum atomic E-state index is 13.0. The zero-order valence-corrected chi connectivity index (χ0v) is 16.5. The van der Waals surface area contributed by atoms with Gasteiger partial charge in [-0.1, -0.05) is 44.2 Å². The Balaban J connectivity index is 1.89. The van der Waals surface area contributed by atoms with Crippen LogP contribution >= 0.6 is 0 Å². The summed E-state index contributed by atoms with van der Waals surface area (Å²) in [5.41, 5.74) is -0.101. The summed E-state index contributed by atoms with van der Waals surface area (Å²) in [5.74, 6) is 0.192. The van der Waals surface area contributed by atoms with E-state index >= 15 is 0 Å². The van der Waals surface area contributed by atoms with Gasteiger partial charge in [0.05, 0.1) is 5.54 Å². The van der Waals surface area contributed by atoms with Crippen molar-refractivity contribution in [2.75, 3.05) is 19.6 Å². The predicted octanol–water partition coefficient (Wildman–Crippen LogP) is 3.48. The number of carbonyl (C=O) groups is 2. The number of amides is 2. The molecule has 0 bridgehead atoms. The van der Waals surface area contributed by atoms with E-state index in [1.54, 1.807) is 4.90 Å². The zero-order chi connectivity index (χ0) is 19.2. The molecule has 2 aliphatic rings. The van der Waals surface area contributed by atoms with Crippen molar-refractivity contribution >= 4 is 12.0 Å². The summed E-state index contributed by atoms with van der Waals surface area (Å²) >= 11 is 0. The van der Waals surface area contributed by atoms with Gasteiger partial charge in [0.25, 0.3) is 0 Å². The Bertz CT molecular complexity index is 693. The lowest BCUT2D eigenvalue weighted by Crippen LogP contribution is -2.62. The lowest BCUT2D eigenvalue weighted by Gasteiger charge is -2.47. The van der Waals surface area contributed by atoms with E-state index in [4.69, 9.17) is 4.74 Å². The van der Waals surface area contributed by atoms with E-state index in [1.165, 1.54) is 5.56 Å². The quantitative estimate of drug-likeness (QED) is 0.813. The number of fused-ring (bicyclic) bond motifs is 1. The summed E-state index contributed by atoms with van der Waals surface area (Å²) in [7, 11) is 0. The molecule has 2 amide bonds. The van der Waals surface area contributed by atoms with Gasteiger partial charge in [-0.25, -0.2) is 4.79 Å². The molecule has 2 aliphatic heterocycles. The predicted molar refractivity (Wildman–Crippen MR) is 101 cm³/mol. The highest BCUT2D eigenvalue weighted by atomic mass is 16.6. The van der Waals surface area contributed by atoms with Crippen molar-refractivity contribution in [1.29, 1.82) is 0 Å². The van der Waals surface area contributed by atoms with Crippen LogP contribution in [0.15, 0.2) is 30.3 Å². The maximum absolute atomic E-state index is 13.0. The molecule has 2 heterocycles. The van der Waals surface area contributed by atoms with Crippen LogP contribution in [0.25, 0.3) is 0 Å². The SMILES string of the molecule is CC(C)(C)OC(=O)N1CCN2C(=O)C(C)(C)CC2(Cc2ccccc2)C1. The molecule has 1 aromatic carbocycles. The summed E-state index contributed by atoms with van der Waals surface area (Å²) in [4.78, 5) is 29.4. The molecule has 0 aliphatic carbocycles. The third kappa shape index (κ3) is 3.57. The van der Waals surface area contributed by atoms with Crippen molar-refractivity contribution in [3.8, 4) is 0 Å². The molecule has 0 spiro atoms. The lowest BCUT2D eigenvalue weighted by atomic mass is 9.79. The van der Waals surface area contributed by atoms with Crippen LogP contribution in [0.3, 0.4) is 0 Å². The van der Waals surface area contributed by atoms with Crippen LogP contribution in [0.4, 0.5) is 4.79 Å². The van der Waals surface area contributed by atoms with Gasteiger partial charge in [0.1, 0.15) is 5.60 Å². The molecule has 26 heavy (non-hydrogen) atoms. The highest BCUT2D eigenvalue weighted by Crippen LogP contribution is 2.46. The van der Waals surface area contributed by atoms with E-state index in [0.717, 1.165) is 12.8 Å². The minimum absolute atomic E-state index is 0.192. The second-order valence-corrected chi connectivity index (χ2v) is 9.31. The molecular formula is C21H30N2O3. The number of ether oxygens (including phenoxy) is 1. The van der Waals surface area contributed by atoms with Gasteiger partial charge in [-0.2, -0.15) is 0 Å². The molecule has 2 fully saturated rings. The van der Waals surface area contributed by atoms with E-state index in [2.05, 4.69) is 12.1 Å². The Kier molecular flexibility index (Phi) is 4.53. The average Bonchev–Trinajstić information content (AvgIpc) is 2.72. The van der Waals surface area contributed by atoms with Crippen LogP contribution in [0.5, 0.6) is 0 Å². The first-order valence-corrected chi connectivity index (χ1v) is 9.36. The van der Waals surface area contributed by atoms with Crippen LogP contribution in [-0.4, -0.2) is 52.6 Å². The average molecular weight is 358 g/mol. The summed E-state index contributed by atoms with van der Waals surface area (Å²) in [6, 6.07) is 10.2. The fourth-order valence-electron chi connectivity index (χ4n) is 4.38. The van der Waals surface area contributed by atoms with Gasteiger partial charge in [-0.05, 0) is 39.2 Å². The fraction of sp³-hybridized carbons (Fsp3) is 0.619. The molecule has 1 aromatic rings. The van der Waals surface area contributed by atoms with Crippen molar-refractivity contribution in [3.05, 3.63) is 35.9 Å². The number of carbonyl (C=O) groups excluding carboxylic acids is 2. The Morgan fingerprint density at radius 2 is 1.81 bits per heavy atom. The molecule has 0 radical (unpaired) electrons. The normalized spacial score (nSPS) is 25.2. The number of benzene rings is 1. The zero-order valence-electron chi connectivity index (χ0n) is 16.5. The molecule has 3 rings (SSSR count). The molecular weight excluding hydrogens is 328 g/mol. The van der Waals surface area contributed by atoms with Gasteiger partial charge in [-0.3, -0.25) is 4.79 Å². The topological polar surface area (TPSA) is 49.9 Å². The third-order valence-corrected chi connectivity index (χ3v) is 5.27. The lowest BCUT2D eigenvalue weighted by molar-refractivity contribution is -0.139. The van der Waals surface area contributed by atoms with Gasteiger partial charge in [0, 0.05) is 25.0 Å².